The Morgan fingerprint density at radius 1 is 0.810 bits per heavy atom. The molecule has 0 saturated heterocycles. The number of rotatable bonds is 1. The van der Waals surface area contributed by atoms with E-state index < -0.39 is 5.82 Å². The third kappa shape index (κ3) is 2.47. The maximum absolute atomic E-state index is 14.8. The van der Waals surface area contributed by atoms with Gasteiger partial charge >= 0.3 is 0 Å². The summed E-state index contributed by atoms with van der Waals surface area (Å²) in [5.41, 5.74) is 9.88. The van der Waals surface area contributed by atoms with Gasteiger partial charge < -0.3 is 5.73 Å². The van der Waals surface area contributed by atoms with Crippen LogP contribution in [0.3, 0.4) is 0 Å². The Bertz CT molecular complexity index is 726. The smallest absolute Gasteiger partial charge is 0.134 e. The molecule has 2 aromatic carbocycles. The van der Waals surface area contributed by atoms with Crippen molar-refractivity contribution < 1.29 is 8.78 Å². The molecule has 1 nitrogen and oxygen atoms in total. The number of nitrogen functional groups attached to an aromatic ring is 1. The van der Waals surface area contributed by atoms with Crippen LogP contribution in [0.2, 0.25) is 0 Å². The summed E-state index contributed by atoms with van der Waals surface area (Å²) in [7, 11) is 4.95. The molecule has 0 aliphatic rings. The molecule has 2 atom stereocenters. The van der Waals surface area contributed by atoms with Gasteiger partial charge in [0.1, 0.15) is 11.6 Å². The SMILES string of the molecule is Cc1c(C)c(C)c(-c2c(F)cc(N)c(P)c2P)c(F)c1C. The highest BCUT2D eigenvalue weighted by molar-refractivity contribution is 7.36. The number of halogens is 2. The van der Waals surface area contributed by atoms with Gasteiger partial charge in [-0.1, -0.05) is 0 Å². The van der Waals surface area contributed by atoms with Crippen molar-refractivity contribution in [1.29, 1.82) is 0 Å². The first-order chi connectivity index (χ1) is 9.68. The van der Waals surface area contributed by atoms with Gasteiger partial charge in [0.2, 0.25) is 0 Å². The third-order valence-corrected chi connectivity index (χ3v) is 5.83. The van der Waals surface area contributed by atoms with Crippen LogP contribution in [0.1, 0.15) is 22.3 Å². The molecule has 0 aliphatic carbocycles. The largest absolute Gasteiger partial charge is 0.398 e. The highest BCUT2D eigenvalue weighted by atomic mass is 31.0. The molecule has 21 heavy (non-hydrogen) atoms. The summed E-state index contributed by atoms with van der Waals surface area (Å²) in [5.74, 6) is -0.874. The quantitative estimate of drug-likeness (QED) is 0.631. The Balaban J connectivity index is 2.96. The highest BCUT2D eigenvalue weighted by Gasteiger charge is 2.22. The average molecular weight is 325 g/mol. The first kappa shape index (κ1) is 16.3. The summed E-state index contributed by atoms with van der Waals surface area (Å²) in [4.78, 5) is 0. The van der Waals surface area contributed by atoms with Crippen LogP contribution in [0.15, 0.2) is 6.07 Å². The lowest BCUT2D eigenvalue weighted by Crippen LogP contribution is -2.21. The summed E-state index contributed by atoms with van der Waals surface area (Å²) in [6.07, 6.45) is 0. The zero-order valence-electron chi connectivity index (χ0n) is 12.6. The van der Waals surface area contributed by atoms with Crippen LogP contribution in [0.5, 0.6) is 0 Å². The molecular weight excluding hydrogens is 306 g/mol. The van der Waals surface area contributed by atoms with E-state index in [0.29, 0.717) is 27.4 Å². The molecule has 112 valence electrons. The predicted molar refractivity (Wildman–Crippen MR) is 93.8 cm³/mol. The topological polar surface area (TPSA) is 26.0 Å². The van der Waals surface area contributed by atoms with Crippen molar-refractivity contribution in [2.75, 3.05) is 5.73 Å². The van der Waals surface area contributed by atoms with Gasteiger partial charge in [-0.25, -0.2) is 8.78 Å². The predicted octanol–water partition coefficient (Wildman–Crippen LogP) is 3.45. The van der Waals surface area contributed by atoms with E-state index in [-0.39, 0.29) is 11.4 Å². The summed E-state index contributed by atoms with van der Waals surface area (Å²) in [5, 5.41) is 1.24. The van der Waals surface area contributed by atoms with E-state index in [1.807, 2.05) is 20.8 Å². The molecule has 0 amide bonds. The molecule has 0 radical (unpaired) electrons. The van der Waals surface area contributed by atoms with E-state index in [0.717, 1.165) is 16.7 Å². The normalized spacial score (nSPS) is 11.0. The molecule has 0 aliphatic heterocycles. The molecule has 2 N–H and O–H groups in total. The second-order valence-corrected chi connectivity index (χ2v) is 6.49. The average Bonchev–Trinajstić information content (AvgIpc) is 2.44. The molecular formula is C16H19F2NP2. The minimum absolute atomic E-state index is 0.264. The van der Waals surface area contributed by atoms with Gasteiger partial charge in [0, 0.05) is 22.1 Å². The van der Waals surface area contributed by atoms with Gasteiger partial charge in [-0.2, -0.15) is 0 Å². The number of anilines is 1. The molecule has 2 aromatic rings. The van der Waals surface area contributed by atoms with Crippen molar-refractivity contribution in [3.05, 3.63) is 40.0 Å². The second-order valence-electron chi connectivity index (χ2n) is 5.34. The number of nitrogens with two attached hydrogens (primary N) is 1. The standard InChI is InChI=1S/C16H19F2NP2/c1-6-7(2)9(4)14(18)12(8(6)3)13-10(17)5-11(19)15(20)16(13)21/h5H,19-21H2,1-4H3. The van der Waals surface area contributed by atoms with E-state index in [9.17, 15) is 8.78 Å². The summed E-state index contributed by atoms with van der Waals surface area (Å²) >= 11 is 0. The highest BCUT2D eigenvalue weighted by Crippen LogP contribution is 2.35. The minimum atomic E-state index is -0.506. The van der Waals surface area contributed by atoms with Crippen molar-refractivity contribution in [2.24, 2.45) is 0 Å². The Labute approximate surface area is 128 Å². The minimum Gasteiger partial charge on any atom is -0.398 e. The molecule has 0 aromatic heterocycles. The summed E-state index contributed by atoms with van der Waals surface area (Å²) < 4.78 is 29.2. The number of hydrogen-bond acceptors (Lipinski definition) is 1. The molecule has 0 heterocycles. The van der Waals surface area contributed by atoms with Crippen LogP contribution in [-0.4, -0.2) is 0 Å². The summed E-state index contributed by atoms with van der Waals surface area (Å²) in [6.45, 7) is 7.36. The fourth-order valence-corrected chi connectivity index (χ4v) is 3.20. The lowest BCUT2D eigenvalue weighted by Gasteiger charge is -2.19. The van der Waals surface area contributed by atoms with Crippen molar-refractivity contribution in [2.45, 2.75) is 27.7 Å². The van der Waals surface area contributed by atoms with Gasteiger partial charge in [-0.3, -0.25) is 0 Å². The van der Waals surface area contributed by atoms with Gasteiger partial charge in [-0.15, -0.1) is 18.5 Å². The fraction of sp³-hybridized carbons (Fsp3) is 0.250. The van der Waals surface area contributed by atoms with Gasteiger partial charge in [0.25, 0.3) is 0 Å². The van der Waals surface area contributed by atoms with Crippen molar-refractivity contribution in [3.8, 4) is 11.1 Å². The Kier molecular flexibility index (Phi) is 4.38. The maximum atomic E-state index is 14.8. The maximum Gasteiger partial charge on any atom is 0.134 e. The molecule has 0 spiro atoms. The van der Waals surface area contributed by atoms with Crippen LogP contribution in [-0.2, 0) is 0 Å². The monoisotopic (exact) mass is 325 g/mol. The van der Waals surface area contributed by atoms with E-state index in [2.05, 4.69) is 18.5 Å². The number of benzene rings is 2. The fourth-order valence-electron chi connectivity index (χ4n) is 2.52. The van der Waals surface area contributed by atoms with Gasteiger partial charge in [0.05, 0.1) is 0 Å². The molecule has 0 bridgehead atoms. The molecule has 0 saturated carbocycles. The zero-order valence-corrected chi connectivity index (χ0v) is 14.9. The van der Waals surface area contributed by atoms with Crippen LogP contribution in [0.4, 0.5) is 14.5 Å². The van der Waals surface area contributed by atoms with Crippen LogP contribution < -0.4 is 16.3 Å². The first-order valence-corrected chi connectivity index (χ1v) is 7.73. The Morgan fingerprint density at radius 3 is 1.90 bits per heavy atom. The Hall–Kier alpha value is -1.04. The molecule has 2 rings (SSSR count). The van der Waals surface area contributed by atoms with Crippen molar-refractivity contribution in [1.82, 2.24) is 0 Å². The zero-order chi connectivity index (χ0) is 16.1. The summed E-state index contributed by atoms with van der Waals surface area (Å²) in [6, 6.07) is 1.24. The third-order valence-electron chi connectivity index (χ3n) is 4.25. The van der Waals surface area contributed by atoms with Crippen LogP contribution in [0.25, 0.3) is 11.1 Å². The van der Waals surface area contributed by atoms with Crippen LogP contribution in [0, 0.1) is 39.3 Å². The van der Waals surface area contributed by atoms with E-state index >= 15 is 0 Å². The van der Waals surface area contributed by atoms with E-state index in [4.69, 9.17) is 5.73 Å². The lowest BCUT2D eigenvalue weighted by molar-refractivity contribution is 0.609. The van der Waals surface area contributed by atoms with E-state index in [1.54, 1.807) is 6.92 Å². The van der Waals surface area contributed by atoms with E-state index in [1.165, 1.54) is 6.07 Å². The van der Waals surface area contributed by atoms with Crippen molar-refractivity contribution >= 4 is 34.8 Å². The number of hydrogen-bond donors (Lipinski definition) is 1. The van der Waals surface area contributed by atoms with Crippen LogP contribution >= 0.6 is 18.5 Å². The van der Waals surface area contributed by atoms with Gasteiger partial charge in [-0.05, 0) is 61.3 Å². The first-order valence-electron chi connectivity index (χ1n) is 6.57. The van der Waals surface area contributed by atoms with Gasteiger partial charge in [0.15, 0.2) is 0 Å². The Morgan fingerprint density at radius 2 is 1.33 bits per heavy atom. The second kappa shape index (κ2) is 5.63. The van der Waals surface area contributed by atoms with Crippen molar-refractivity contribution in [3.63, 3.8) is 0 Å². The lowest BCUT2D eigenvalue weighted by atomic mass is 9.89. The molecule has 0 fully saturated rings. The molecule has 5 heteroatoms. The molecule has 2 unspecified atom stereocenters.